The topological polar surface area (TPSA) is 66.3 Å². The molecule has 4 aliphatic rings. The summed E-state index contributed by atoms with van der Waals surface area (Å²) in [5, 5.41) is 9.83. The predicted molar refractivity (Wildman–Crippen MR) is 93.3 cm³/mol. The van der Waals surface area contributed by atoms with Crippen LogP contribution in [0.25, 0.3) is 11.1 Å². The van der Waals surface area contributed by atoms with Crippen LogP contribution >= 0.6 is 0 Å². The summed E-state index contributed by atoms with van der Waals surface area (Å²) in [6.07, 6.45) is 9.35. The fourth-order valence-electron chi connectivity index (χ4n) is 5.64. The molecule has 3 aliphatic heterocycles. The molecule has 5 heteroatoms. The van der Waals surface area contributed by atoms with Crippen LogP contribution in [0.5, 0.6) is 0 Å². The van der Waals surface area contributed by atoms with Gasteiger partial charge in [0.25, 0.3) is 0 Å². The third-order valence-electron chi connectivity index (χ3n) is 6.33. The quantitative estimate of drug-likeness (QED) is 0.934. The summed E-state index contributed by atoms with van der Waals surface area (Å²) in [7, 11) is 0. The number of nitrogens with zero attached hydrogens (tertiary/aromatic N) is 3. The van der Waals surface area contributed by atoms with Gasteiger partial charge in [0.1, 0.15) is 0 Å². The van der Waals surface area contributed by atoms with E-state index < -0.39 is 5.97 Å². The van der Waals surface area contributed by atoms with Crippen LogP contribution in [0.2, 0.25) is 0 Å². The van der Waals surface area contributed by atoms with E-state index in [-0.39, 0.29) is 0 Å². The van der Waals surface area contributed by atoms with E-state index in [1.165, 1.54) is 25.6 Å². The van der Waals surface area contributed by atoms with Gasteiger partial charge in [0.15, 0.2) is 0 Å². The van der Waals surface area contributed by atoms with Crippen LogP contribution < -0.4 is 0 Å². The molecule has 1 N–H and O–H groups in total. The van der Waals surface area contributed by atoms with Crippen LogP contribution in [0.1, 0.15) is 34.7 Å². The zero-order valence-corrected chi connectivity index (χ0v) is 14.0. The van der Waals surface area contributed by atoms with E-state index in [1.807, 2.05) is 18.3 Å². The summed E-state index contributed by atoms with van der Waals surface area (Å²) in [4.78, 5) is 22.9. The van der Waals surface area contributed by atoms with E-state index in [4.69, 9.17) is 0 Å². The number of pyridine rings is 2. The normalized spacial score (nSPS) is 32.7. The molecule has 25 heavy (non-hydrogen) atoms. The number of carbonyl (C=O) groups is 1. The summed E-state index contributed by atoms with van der Waals surface area (Å²) in [6.45, 7) is 3.45. The minimum absolute atomic E-state index is 0.324. The second kappa shape index (κ2) is 5.63. The van der Waals surface area contributed by atoms with Crippen molar-refractivity contribution in [2.24, 2.45) is 17.8 Å². The summed E-state index contributed by atoms with van der Waals surface area (Å²) in [5.74, 6) is 1.38. The van der Waals surface area contributed by atoms with Crippen molar-refractivity contribution in [2.45, 2.75) is 18.8 Å². The molecule has 0 aromatic carbocycles. The van der Waals surface area contributed by atoms with E-state index in [0.29, 0.717) is 23.3 Å². The number of aromatic carboxylic acids is 1. The molecule has 1 saturated carbocycles. The van der Waals surface area contributed by atoms with Crippen molar-refractivity contribution < 1.29 is 9.90 Å². The second-order valence-corrected chi connectivity index (χ2v) is 7.79. The smallest absolute Gasteiger partial charge is 0.337 e. The Kier molecular flexibility index (Phi) is 3.38. The summed E-state index contributed by atoms with van der Waals surface area (Å²) < 4.78 is 0. The Balaban J connectivity index is 1.68. The lowest BCUT2D eigenvalue weighted by atomic mass is 9.59. The Hall–Kier alpha value is -2.27. The number of rotatable bonds is 3. The highest BCUT2D eigenvalue weighted by Gasteiger charge is 2.49. The van der Waals surface area contributed by atoms with Crippen molar-refractivity contribution in [1.82, 2.24) is 14.9 Å². The number of hydrogen-bond donors (Lipinski definition) is 1. The van der Waals surface area contributed by atoms with Gasteiger partial charge in [0, 0.05) is 50.0 Å². The molecular weight excluding hydrogens is 314 g/mol. The minimum Gasteiger partial charge on any atom is -0.478 e. The lowest BCUT2D eigenvalue weighted by Gasteiger charge is -2.56. The first-order valence-electron chi connectivity index (χ1n) is 9.04. The van der Waals surface area contributed by atoms with Crippen molar-refractivity contribution in [3.8, 4) is 11.1 Å². The molecular formula is C20H21N3O2. The maximum atomic E-state index is 12.0. The first-order valence-corrected chi connectivity index (χ1v) is 9.04. The Labute approximate surface area is 146 Å². The van der Waals surface area contributed by atoms with Crippen LogP contribution in [-0.2, 0) is 0 Å². The number of carboxylic acids is 1. The lowest BCUT2D eigenvalue weighted by Crippen LogP contribution is -2.57. The van der Waals surface area contributed by atoms with Gasteiger partial charge in [-0.3, -0.25) is 9.97 Å². The van der Waals surface area contributed by atoms with Crippen molar-refractivity contribution in [2.75, 3.05) is 19.6 Å². The average Bonchev–Trinajstić information content (AvgIpc) is 2.61. The Bertz CT molecular complexity index is 793. The number of carboxylic acid groups (broad SMARTS) is 1. The summed E-state index contributed by atoms with van der Waals surface area (Å²) in [5.41, 5.74) is 3.36. The molecule has 4 fully saturated rings. The highest BCUT2D eigenvalue weighted by molar-refractivity contribution is 5.92. The van der Waals surface area contributed by atoms with Gasteiger partial charge in [-0.05, 0) is 59.8 Å². The second-order valence-electron chi connectivity index (χ2n) is 7.79. The zero-order valence-electron chi connectivity index (χ0n) is 14.0. The maximum absolute atomic E-state index is 12.0. The fraction of sp³-hybridized carbons (Fsp3) is 0.450. The van der Waals surface area contributed by atoms with E-state index in [0.717, 1.165) is 35.7 Å². The van der Waals surface area contributed by atoms with Crippen LogP contribution in [0.4, 0.5) is 0 Å². The largest absolute Gasteiger partial charge is 0.478 e. The standard InChI is InChI=1S/C20H21N3O2/c24-20(25)17-8-22-7-16(13-1-3-21-4-2-13)19(17)18-14-5-12-6-15(18)11-23(9-12)10-14/h1-4,7-8,12,14-15,18H,5-6,9-11H2,(H,24,25). The summed E-state index contributed by atoms with van der Waals surface area (Å²) in [6, 6.07) is 3.90. The van der Waals surface area contributed by atoms with Gasteiger partial charge in [-0.15, -0.1) is 0 Å². The Morgan fingerprint density at radius 2 is 1.76 bits per heavy atom. The molecule has 3 saturated heterocycles. The molecule has 5 heterocycles. The molecule has 5 nitrogen and oxygen atoms in total. The van der Waals surface area contributed by atoms with Gasteiger partial charge in [0.05, 0.1) is 5.56 Å². The lowest BCUT2D eigenvalue weighted by molar-refractivity contribution is -0.0358. The monoisotopic (exact) mass is 335 g/mol. The number of hydrogen-bond acceptors (Lipinski definition) is 4. The molecule has 2 aromatic rings. The highest BCUT2D eigenvalue weighted by atomic mass is 16.4. The SMILES string of the molecule is O=C(O)c1cncc(-c2ccncc2)c1C1C2CC3CC1CN(C3)C2. The van der Waals surface area contributed by atoms with Gasteiger partial charge in [-0.1, -0.05) is 0 Å². The molecule has 0 spiro atoms. The third-order valence-corrected chi connectivity index (χ3v) is 6.33. The van der Waals surface area contributed by atoms with Crippen molar-refractivity contribution >= 4 is 5.97 Å². The van der Waals surface area contributed by atoms with E-state index in [9.17, 15) is 9.90 Å². The molecule has 1 aliphatic carbocycles. The molecule has 128 valence electrons. The van der Waals surface area contributed by atoms with Crippen LogP contribution in [-0.4, -0.2) is 45.6 Å². The van der Waals surface area contributed by atoms with Gasteiger partial charge in [0.2, 0.25) is 0 Å². The van der Waals surface area contributed by atoms with Crippen molar-refractivity contribution in [3.63, 3.8) is 0 Å². The molecule has 2 atom stereocenters. The molecule has 2 unspecified atom stereocenters. The third kappa shape index (κ3) is 2.37. The summed E-state index contributed by atoms with van der Waals surface area (Å²) >= 11 is 0. The van der Waals surface area contributed by atoms with Crippen LogP contribution in [0.3, 0.4) is 0 Å². The van der Waals surface area contributed by atoms with Gasteiger partial charge < -0.3 is 10.0 Å². The number of aromatic nitrogens is 2. The van der Waals surface area contributed by atoms with E-state index in [1.54, 1.807) is 12.4 Å². The van der Waals surface area contributed by atoms with E-state index >= 15 is 0 Å². The number of piperidine rings is 3. The molecule has 0 radical (unpaired) electrons. The highest BCUT2D eigenvalue weighted by Crippen LogP contribution is 2.53. The predicted octanol–water partition coefficient (Wildman–Crippen LogP) is 2.90. The van der Waals surface area contributed by atoms with Crippen LogP contribution in [0.15, 0.2) is 36.9 Å². The Morgan fingerprint density at radius 1 is 1.04 bits per heavy atom. The van der Waals surface area contributed by atoms with E-state index in [2.05, 4.69) is 14.9 Å². The maximum Gasteiger partial charge on any atom is 0.337 e. The zero-order chi connectivity index (χ0) is 17.0. The van der Waals surface area contributed by atoms with Crippen LogP contribution in [0, 0.1) is 17.8 Å². The molecule has 6 rings (SSSR count). The van der Waals surface area contributed by atoms with Crippen molar-refractivity contribution in [3.05, 3.63) is 48.0 Å². The minimum atomic E-state index is -0.868. The molecule has 2 aromatic heterocycles. The van der Waals surface area contributed by atoms with Gasteiger partial charge in [-0.2, -0.15) is 0 Å². The fourth-order valence-corrected chi connectivity index (χ4v) is 5.64. The molecule has 4 bridgehead atoms. The van der Waals surface area contributed by atoms with Crippen molar-refractivity contribution in [1.29, 1.82) is 0 Å². The van der Waals surface area contributed by atoms with Gasteiger partial charge in [-0.25, -0.2) is 4.79 Å². The van der Waals surface area contributed by atoms with Gasteiger partial charge >= 0.3 is 5.97 Å². The molecule has 0 amide bonds. The average molecular weight is 335 g/mol. The Morgan fingerprint density at radius 3 is 2.40 bits per heavy atom. The first kappa shape index (κ1) is 15.0. The first-order chi connectivity index (χ1) is 12.2.